The van der Waals surface area contributed by atoms with E-state index in [0.29, 0.717) is 3.63 Å². The third-order valence-corrected chi connectivity index (χ3v) is 36.3. The average Bonchev–Trinajstić information content (AvgIpc) is 3.63. The third kappa shape index (κ3) is 4.29. The van der Waals surface area contributed by atoms with E-state index < -0.39 is 17.4 Å². The van der Waals surface area contributed by atoms with Gasteiger partial charge in [0, 0.05) is 0 Å². The van der Waals surface area contributed by atoms with Gasteiger partial charge in [-0.05, 0) is 0 Å². The van der Waals surface area contributed by atoms with E-state index in [1.165, 1.54) is 27.9 Å². The number of benzene rings is 4. The van der Waals surface area contributed by atoms with Gasteiger partial charge in [-0.25, -0.2) is 0 Å². The zero-order valence-corrected chi connectivity index (χ0v) is 28.2. The molecule has 0 aromatic heterocycles. The molecule has 6 rings (SSSR count). The molecule has 4 aromatic carbocycles. The van der Waals surface area contributed by atoms with Gasteiger partial charge in [-0.3, -0.25) is 0 Å². The van der Waals surface area contributed by atoms with Crippen LogP contribution in [-0.2, 0) is 17.4 Å². The molecule has 1 nitrogen and oxygen atoms in total. The molecular formula is C34H37Cl2NSiZr. The SMILES string of the molecule is CCN(CC)c1cccc2c1-c1ccccc1[CH]2[Zr](=[SiH2])([C]1=CC=CC1)([c]1ccccc1)[c]1ccccc1.Cl.Cl. The molecule has 2 aliphatic rings. The number of allylic oxidation sites excluding steroid dienone is 4. The first-order chi connectivity index (χ1) is 18.1. The molecule has 0 fully saturated rings. The van der Waals surface area contributed by atoms with Crippen molar-refractivity contribution >= 4 is 43.9 Å². The molecule has 0 N–H and O–H groups in total. The van der Waals surface area contributed by atoms with E-state index >= 15 is 0 Å². The molecule has 4 aromatic rings. The first-order valence-electron chi connectivity index (χ1n) is 13.6. The predicted molar refractivity (Wildman–Crippen MR) is 174 cm³/mol. The third-order valence-electron chi connectivity index (χ3n) is 9.04. The van der Waals surface area contributed by atoms with Crippen LogP contribution in [0.4, 0.5) is 5.69 Å². The van der Waals surface area contributed by atoms with Crippen LogP contribution in [0.5, 0.6) is 0 Å². The number of fused-ring (bicyclic) bond motifs is 3. The monoisotopic (exact) mass is 647 g/mol. The molecule has 5 heteroatoms. The van der Waals surface area contributed by atoms with Crippen LogP contribution in [0.2, 0.25) is 0 Å². The number of anilines is 1. The Morgan fingerprint density at radius 1 is 0.718 bits per heavy atom. The maximum atomic E-state index is 2.53. The van der Waals surface area contributed by atoms with E-state index in [4.69, 9.17) is 0 Å². The number of hydrogen-bond donors (Lipinski definition) is 0. The first-order valence-corrected chi connectivity index (χ1v) is 24.6. The van der Waals surface area contributed by atoms with E-state index in [0.717, 1.165) is 19.5 Å². The minimum atomic E-state index is -4.30. The van der Waals surface area contributed by atoms with Crippen molar-refractivity contribution in [2.24, 2.45) is 0 Å². The fourth-order valence-electron chi connectivity index (χ4n) is 7.31. The summed E-state index contributed by atoms with van der Waals surface area (Å²) in [6.45, 7) is 8.98. The molecule has 200 valence electrons. The number of halogens is 2. The van der Waals surface area contributed by atoms with Gasteiger partial charge in [-0.15, -0.1) is 24.8 Å². The fourth-order valence-corrected chi connectivity index (χ4v) is 31.3. The molecule has 0 heterocycles. The summed E-state index contributed by atoms with van der Waals surface area (Å²) in [7, 11) is 0. The van der Waals surface area contributed by atoms with Gasteiger partial charge in [0.15, 0.2) is 0 Å². The van der Waals surface area contributed by atoms with Crippen LogP contribution in [-0.4, -0.2) is 20.0 Å². The topological polar surface area (TPSA) is 3.24 Å². The quantitative estimate of drug-likeness (QED) is 0.192. The van der Waals surface area contributed by atoms with Crippen molar-refractivity contribution in [3.8, 4) is 11.1 Å². The minimum absolute atomic E-state index is 0. The van der Waals surface area contributed by atoms with Crippen LogP contribution in [0.3, 0.4) is 0 Å². The summed E-state index contributed by atoms with van der Waals surface area (Å²) < 4.78 is 5.13. The Kier molecular flexibility index (Phi) is 8.98. The van der Waals surface area contributed by atoms with Crippen LogP contribution in [0.25, 0.3) is 11.1 Å². The first kappa shape index (κ1) is 29.8. The van der Waals surface area contributed by atoms with Gasteiger partial charge < -0.3 is 0 Å². The fraction of sp³-hybridized carbons (Fsp3) is 0.176. The summed E-state index contributed by atoms with van der Waals surface area (Å²) in [5.74, 6) is 0. The van der Waals surface area contributed by atoms with Crippen molar-refractivity contribution in [2.45, 2.75) is 23.9 Å². The number of hydrogen-bond acceptors (Lipinski definition) is 1. The summed E-state index contributed by atoms with van der Waals surface area (Å²) in [4.78, 5) is 2.53. The van der Waals surface area contributed by atoms with Gasteiger partial charge in [0.1, 0.15) is 0 Å². The maximum Gasteiger partial charge on any atom is -0.147 e. The normalized spacial score (nSPS) is 15.5. The number of nitrogens with zero attached hydrogens (tertiary/aromatic N) is 1. The summed E-state index contributed by atoms with van der Waals surface area (Å²) >= 11 is -4.30. The van der Waals surface area contributed by atoms with Crippen LogP contribution >= 0.6 is 24.8 Å². The summed E-state index contributed by atoms with van der Waals surface area (Å²) in [5, 5.41) is 0. The molecule has 0 spiro atoms. The Hall–Kier alpha value is -2.16. The van der Waals surface area contributed by atoms with Crippen LogP contribution < -0.4 is 11.4 Å². The van der Waals surface area contributed by atoms with Crippen LogP contribution in [0.1, 0.15) is 35.0 Å². The van der Waals surface area contributed by atoms with E-state index in [1.54, 1.807) is 9.82 Å². The Morgan fingerprint density at radius 3 is 1.85 bits per heavy atom. The average molecular weight is 650 g/mol. The van der Waals surface area contributed by atoms with Gasteiger partial charge in [0.2, 0.25) is 0 Å². The van der Waals surface area contributed by atoms with Gasteiger partial charge in [-0.2, -0.15) is 0 Å². The van der Waals surface area contributed by atoms with Crippen molar-refractivity contribution in [2.75, 3.05) is 18.0 Å². The van der Waals surface area contributed by atoms with Crippen molar-refractivity contribution in [3.63, 3.8) is 0 Å². The van der Waals surface area contributed by atoms with Crippen LogP contribution in [0.15, 0.2) is 125 Å². The Morgan fingerprint density at radius 2 is 1.28 bits per heavy atom. The van der Waals surface area contributed by atoms with Gasteiger partial charge in [0.05, 0.1) is 0 Å². The van der Waals surface area contributed by atoms with E-state index in [9.17, 15) is 0 Å². The molecule has 0 bridgehead atoms. The molecule has 2 aliphatic carbocycles. The smallest absolute Gasteiger partial charge is 0.147 e. The molecule has 0 radical (unpaired) electrons. The van der Waals surface area contributed by atoms with E-state index in [1.807, 2.05) is 0 Å². The van der Waals surface area contributed by atoms with Crippen molar-refractivity contribution in [1.29, 1.82) is 0 Å². The Balaban J connectivity index is 0.00000176. The second-order valence-corrected chi connectivity index (χ2v) is 32.6. The molecule has 0 saturated carbocycles. The minimum Gasteiger partial charge on any atom is -0.147 e. The standard InChI is InChI=1S/C17H18N.2C6H5.C5H5.2ClH.H2Si.Zr/c1-3-18(4-2)16-11-7-9-14-12-13-8-5-6-10-15(13)17(14)16;2*1-2-4-6-5-3-1;1-2-4-5-3-1;;;;/h5-12H,3-4H2,1-2H3;2*1-5H;1-3H,4H2;2*1H;1H2;. The molecule has 0 aliphatic heterocycles. The summed E-state index contributed by atoms with van der Waals surface area (Å²) in [6.07, 6.45) is 8.20. The van der Waals surface area contributed by atoms with E-state index in [2.05, 4.69) is 147 Å². The molecule has 0 saturated heterocycles. The largest absolute Gasteiger partial charge is 0.147 e. The zero-order valence-electron chi connectivity index (χ0n) is 22.7. The second-order valence-electron chi connectivity index (χ2n) is 10.5. The molecule has 39 heavy (non-hydrogen) atoms. The molecular weight excluding hydrogens is 613 g/mol. The predicted octanol–water partition coefficient (Wildman–Crippen LogP) is 7.18. The van der Waals surface area contributed by atoms with Gasteiger partial charge in [-0.1, -0.05) is 0 Å². The van der Waals surface area contributed by atoms with Gasteiger partial charge in [0.25, 0.3) is 0 Å². The molecule has 0 amide bonds. The molecule has 1 atom stereocenters. The molecule has 1 unspecified atom stereocenters. The summed E-state index contributed by atoms with van der Waals surface area (Å²) in [6, 6.07) is 39.6. The van der Waals surface area contributed by atoms with Crippen molar-refractivity contribution in [3.05, 3.63) is 136 Å². The number of rotatable bonds is 7. The summed E-state index contributed by atoms with van der Waals surface area (Å²) in [5.41, 5.74) is 7.29. The maximum absolute atomic E-state index is 4.30. The zero-order chi connectivity index (χ0) is 25.5. The van der Waals surface area contributed by atoms with Gasteiger partial charge >= 0.3 is 225 Å². The Bertz CT molecular complexity index is 1550. The second kappa shape index (κ2) is 11.8. The Labute approximate surface area is 248 Å². The van der Waals surface area contributed by atoms with Crippen molar-refractivity contribution < 1.29 is 17.4 Å². The van der Waals surface area contributed by atoms with E-state index in [-0.39, 0.29) is 24.8 Å². The van der Waals surface area contributed by atoms with Crippen molar-refractivity contribution in [1.82, 2.24) is 0 Å². The van der Waals surface area contributed by atoms with Crippen LogP contribution in [0, 0.1) is 0 Å².